The summed E-state index contributed by atoms with van der Waals surface area (Å²) < 4.78 is 5.88. The molecule has 0 amide bonds. The second-order valence-electron chi connectivity index (χ2n) is 12.8. The summed E-state index contributed by atoms with van der Waals surface area (Å²) in [6, 6.07) is 4.52. The summed E-state index contributed by atoms with van der Waals surface area (Å²) in [5.41, 5.74) is 7.31. The van der Waals surface area contributed by atoms with Crippen molar-refractivity contribution in [1.29, 1.82) is 0 Å². The van der Waals surface area contributed by atoms with Crippen molar-refractivity contribution in [2.24, 2.45) is 22.7 Å². The van der Waals surface area contributed by atoms with Crippen molar-refractivity contribution in [3.63, 3.8) is 0 Å². The third kappa shape index (κ3) is 6.75. The minimum absolute atomic E-state index is 0. The highest BCUT2D eigenvalue weighted by molar-refractivity contribution is 5.92. The van der Waals surface area contributed by atoms with Gasteiger partial charge in [-0.15, -0.1) is 0 Å². The number of rotatable bonds is 8. The highest BCUT2D eigenvalue weighted by Crippen LogP contribution is 2.50. The highest BCUT2D eigenvalue weighted by atomic mass is 16.5. The summed E-state index contributed by atoms with van der Waals surface area (Å²) in [7, 11) is 0. The number of carbonyl (C=O) groups excluding carboxylic acids is 1. The Morgan fingerprint density at radius 3 is 2.63 bits per heavy atom. The Bertz CT molecular complexity index is 1020. The number of esters is 1. The first-order valence-corrected chi connectivity index (χ1v) is 15.6. The van der Waals surface area contributed by atoms with Gasteiger partial charge in [-0.2, -0.15) is 0 Å². The van der Waals surface area contributed by atoms with Gasteiger partial charge < -0.3 is 10.1 Å². The van der Waals surface area contributed by atoms with E-state index in [2.05, 4.69) is 64.2 Å². The molecule has 1 aromatic rings. The van der Waals surface area contributed by atoms with Gasteiger partial charge in [0.1, 0.15) is 0 Å². The smallest absolute Gasteiger partial charge is 0.336 e. The van der Waals surface area contributed by atoms with Gasteiger partial charge in [-0.05, 0) is 72.6 Å². The molecule has 38 heavy (non-hydrogen) atoms. The molecule has 214 valence electrons. The maximum atomic E-state index is 13.3. The topological polar surface area (TPSA) is 38.3 Å². The van der Waals surface area contributed by atoms with Crippen LogP contribution in [0, 0.1) is 22.7 Å². The molecule has 0 radical (unpaired) electrons. The standard InChI is InChI=1S/C33H49NO2.C2H6.H2/c1-7-8-11-17-33-18-12-9-10-13-26(33)20-28-25(16-19-33)14-15-30-29(28)21-27(24(4)34-30)31(35)36-22-32(5,6)23(2)3;1-2;/h14-16,19,23,26,34H,7-13,17-18,20-22H2,1-6H3;1-2H3;1H. The quantitative estimate of drug-likeness (QED) is 0.272. The first kappa shape index (κ1) is 30.5. The van der Waals surface area contributed by atoms with Crippen LogP contribution in [0.1, 0.15) is 131 Å². The zero-order valence-electron chi connectivity index (χ0n) is 25.8. The van der Waals surface area contributed by atoms with Crippen LogP contribution in [0.25, 0.3) is 6.08 Å². The molecular weight excluding hydrogens is 466 g/mol. The summed E-state index contributed by atoms with van der Waals surface area (Å²) >= 11 is 0. The van der Waals surface area contributed by atoms with Crippen LogP contribution in [0.15, 0.2) is 29.5 Å². The van der Waals surface area contributed by atoms with Crippen LogP contribution in [0.2, 0.25) is 0 Å². The summed E-state index contributed by atoms with van der Waals surface area (Å²) in [4.78, 5) is 13.3. The lowest BCUT2D eigenvalue weighted by Crippen LogP contribution is -2.30. The molecule has 2 atom stereocenters. The minimum atomic E-state index is -0.162. The largest absolute Gasteiger partial charge is 0.462 e. The Balaban J connectivity index is 0.00000174. The van der Waals surface area contributed by atoms with Crippen LogP contribution >= 0.6 is 0 Å². The average Bonchev–Trinajstić information content (AvgIpc) is 3.18. The van der Waals surface area contributed by atoms with Gasteiger partial charge in [0.25, 0.3) is 0 Å². The molecule has 3 heteroatoms. The molecule has 0 bridgehead atoms. The number of nitrogens with one attached hydrogen (secondary N) is 1. The number of carbonyl (C=O) groups is 1. The first-order valence-electron chi connectivity index (χ1n) is 15.6. The van der Waals surface area contributed by atoms with E-state index >= 15 is 0 Å². The zero-order valence-corrected chi connectivity index (χ0v) is 25.8. The molecule has 0 spiro atoms. The number of allylic oxidation sites excluding steroid dienone is 2. The molecule has 1 saturated carbocycles. The maximum absolute atomic E-state index is 13.3. The normalized spacial score (nSPS) is 22.7. The van der Waals surface area contributed by atoms with Gasteiger partial charge in [0.05, 0.1) is 12.2 Å². The van der Waals surface area contributed by atoms with E-state index in [0.717, 1.165) is 17.7 Å². The molecule has 1 fully saturated rings. The highest BCUT2D eigenvalue weighted by Gasteiger charge is 2.39. The summed E-state index contributed by atoms with van der Waals surface area (Å²) in [5, 5.41) is 3.57. The third-order valence-corrected chi connectivity index (χ3v) is 9.78. The van der Waals surface area contributed by atoms with Crippen molar-refractivity contribution >= 4 is 17.7 Å². The van der Waals surface area contributed by atoms with E-state index in [-0.39, 0.29) is 12.8 Å². The van der Waals surface area contributed by atoms with Crippen molar-refractivity contribution in [1.82, 2.24) is 0 Å². The number of benzene rings is 1. The van der Waals surface area contributed by atoms with Crippen molar-refractivity contribution in [2.75, 3.05) is 11.9 Å². The number of ether oxygens (including phenoxy) is 1. The molecule has 0 aromatic heterocycles. The van der Waals surface area contributed by atoms with E-state index in [1.165, 1.54) is 80.2 Å². The summed E-state index contributed by atoms with van der Waals surface area (Å²) in [6.07, 6.45) is 18.8. The third-order valence-electron chi connectivity index (χ3n) is 9.78. The van der Waals surface area contributed by atoms with E-state index < -0.39 is 0 Å². The van der Waals surface area contributed by atoms with E-state index in [0.29, 0.717) is 30.3 Å². The van der Waals surface area contributed by atoms with E-state index in [4.69, 9.17) is 4.74 Å². The van der Waals surface area contributed by atoms with Crippen molar-refractivity contribution in [2.45, 2.75) is 126 Å². The Kier molecular flexibility index (Phi) is 10.7. The lowest BCUT2D eigenvalue weighted by molar-refractivity contribution is -0.143. The molecule has 2 unspecified atom stereocenters. The lowest BCUT2D eigenvalue weighted by Gasteiger charge is -2.38. The van der Waals surface area contributed by atoms with E-state index in [1.807, 2.05) is 20.8 Å². The van der Waals surface area contributed by atoms with Gasteiger partial charge >= 0.3 is 5.97 Å². The van der Waals surface area contributed by atoms with E-state index in [1.54, 1.807) is 0 Å². The van der Waals surface area contributed by atoms with Crippen LogP contribution in [-0.4, -0.2) is 12.6 Å². The number of hydrogen-bond acceptors (Lipinski definition) is 3. The van der Waals surface area contributed by atoms with Gasteiger partial charge in [-0.3, -0.25) is 0 Å². The molecule has 1 aromatic carbocycles. The molecule has 1 N–H and O–H groups in total. The van der Waals surface area contributed by atoms with Crippen LogP contribution in [0.3, 0.4) is 0 Å². The fourth-order valence-electron chi connectivity index (χ4n) is 6.40. The van der Waals surface area contributed by atoms with Crippen LogP contribution in [0.5, 0.6) is 0 Å². The molecule has 3 nitrogen and oxygen atoms in total. The molecule has 1 heterocycles. The van der Waals surface area contributed by atoms with Gasteiger partial charge in [0, 0.05) is 24.6 Å². The number of anilines is 1. The van der Waals surface area contributed by atoms with Gasteiger partial charge in [0.2, 0.25) is 0 Å². The maximum Gasteiger partial charge on any atom is 0.336 e. The molecule has 2 aliphatic carbocycles. The fraction of sp³-hybridized carbons (Fsp3) is 0.686. The van der Waals surface area contributed by atoms with Gasteiger partial charge in [-0.1, -0.05) is 105 Å². The molecule has 3 aliphatic rings. The van der Waals surface area contributed by atoms with Crippen molar-refractivity contribution in [3.05, 3.63) is 46.2 Å². The van der Waals surface area contributed by atoms with Gasteiger partial charge in [-0.25, -0.2) is 4.79 Å². The SMILES string of the molecule is CC.CCCCCC12C=Cc3ccc4c(c3CC1CCCCC2)CC(C(=O)OCC(C)(C)C(C)C)=C(C)N4.[HH]. The van der Waals surface area contributed by atoms with Crippen LogP contribution in [0.4, 0.5) is 5.69 Å². The number of fused-ring (bicyclic) bond motifs is 4. The zero-order chi connectivity index (χ0) is 27.9. The molecular formula is C35H57NO2. The van der Waals surface area contributed by atoms with Crippen LogP contribution < -0.4 is 5.32 Å². The monoisotopic (exact) mass is 523 g/mol. The van der Waals surface area contributed by atoms with Crippen molar-refractivity contribution in [3.8, 4) is 0 Å². The first-order chi connectivity index (χ1) is 18.2. The Morgan fingerprint density at radius 2 is 1.92 bits per heavy atom. The Labute approximate surface area is 235 Å². The average molecular weight is 524 g/mol. The predicted molar refractivity (Wildman–Crippen MR) is 165 cm³/mol. The van der Waals surface area contributed by atoms with Crippen molar-refractivity contribution < 1.29 is 11.0 Å². The second kappa shape index (κ2) is 13.4. The van der Waals surface area contributed by atoms with Gasteiger partial charge in [0.15, 0.2) is 0 Å². The summed E-state index contributed by atoms with van der Waals surface area (Å²) in [6.45, 7) is 17.5. The lowest BCUT2D eigenvalue weighted by atomic mass is 9.67. The Morgan fingerprint density at radius 1 is 1.16 bits per heavy atom. The number of unbranched alkanes of at least 4 members (excludes halogenated alkanes) is 2. The molecule has 1 aliphatic heterocycles. The molecule has 4 rings (SSSR count). The van der Waals surface area contributed by atoms with Crippen LogP contribution in [-0.2, 0) is 22.4 Å². The fourth-order valence-corrected chi connectivity index (χ4v) is 6.40. The number of hydrogen-bond donors (Lipinski definition) is 1. The summed E-state index contributed by atoms with van der Waals surface area (Å²) in [5.74, 6) is 0.977. The minimum Gasteiger partial charge on any atom is -0.462 e. The van der Waals surface area contributed by atoms with E-state index in [9.17, 15) is 4.79 Å². The Hall–Kier alpha value is -2.03. The second-order valence-corrected chi connectivity index (χ2v) is 12.8. The molecule has 0 saturated heterocycles. The predicted octanol–water partition coefficient (Wildman–Crippen LogP) is 10.1.